The van der Waals surface area contributed by atoms with Crippen molar-refractivity contribution in [1.29, 1.82) is 0 Å². The molecule has 0 aliphatic heterocycles. The van der Waals surface area contributed by atoms with Crippen LogP contribution in [0.15, 0.2) is 66.7 Å². The Morgan fingerprint density at radius 1 is 0.963 bits per heavy atom. The number of nitrogens with one attached hydrogen (secondary N) is 1. The van der Waals surface area contributed by atoms with Crippen molar-refractivity contribution in [2.75, 3.05) is 11.9 Å². The van der Waals surface area contributed by atoms with Gasteiger partial charge >= 0.3 is 5.97 Å². The molecule has 0 aromatic heterocycles. The molecule has 27 heavy (non-hydrogen) atoms. The van der Waals surface area contributed by atoms with E-state index >= 15 is 0 Å². The summed E-state index contributed by atoms with van der Waals surface area (Å²) in [6.07, 6.45) is -0.744. The van der Waals surface area contributed by atoms with Gasteiger partial charge in [-0.1, -0.05) is 48.5 Å². The van der Waals surface area contributed by atoms with Crippen LogP contribution in [0, 0.1) is 0 Å². The van der Waals surface area contributed by atoms with Crippen molar-refractivity contribution in [2.24, 2.45) is 0 Å². The van der Waals surface area contributed by atoms with Crippen LogP contribution in [0.2, 0.25) is 0 Å². The molecule has 5 nitrogen and oxygen atoms in total. The summed E-state index contributed by atoms with van der Waals surface area (Å²) < 4.78 is 10.9. The minimum atomic E-state index is -0.744. The van der Waals surface area contributed by atoms with E-state index in [4.69, 9.17) is 9.47 Å². The average molecular weight is 363 g/mol. The van der Waals surface area contributed by atoms with Crippen LogP contribution in [0.1, 0.15) is 24.2 Å². The maximum atomic E-state index is 12.6. The van der Waals surface area contributed by atoms with Crippen LogP contribution in [0.3, 0.4) is 0 Å². The topological polar surface area (TPSA) is 64.6 Å². The molecule has 3 aromatic rings. The van der Waals surface area contributed by atoms with Gasteiger partial charge in [0, 0.05) is 5.39 Å². The maximum Gasteiger partial charge on any atom is 0.340 e. The van der Waals surface area contributed by atoms with Crippen molar-refractivity contribution in [1.82, 2.24) is 0 Å². The first-order valence-corrected chi connectivity index (χ1v) is 8.81. The van der Waals surface area contributed by atoms with E-state index in [-0.39, 0.29) is 12.5 Å². The van der Waals surface area contributed by atoms with Gasteiger partial charge in [-0.2, -0.15) is 0 Å². The summed E-state index contributed by atoms with van der Waals surface area (Å²) in [5.41, 5.74) is 0.708. The van der Waals surface area contributed by atoms with E-state index in [9.17, 15) is 9.59 Å². The van der Waals surface area contributed by atoms with Gasteiger partial charge in [-0.05, 0) is 37.4 Å². The highest BCUT2D eigenvalue weighted by molar-refractivity contribution is 6.02. The van der Waals surface area contributed by atoms with Crippen LogP contribution in [0.4, 0.5) is 5.69 Å². The third kappa shape index (κ3) is 4.26. The molecule has 0 aliphatic carbocycles. The fraction of sp³-hybridized carbons (Fsp3) is 0.182. The second kappa shape index (κ2) is 8.36. The molecule has 5 heteroatoms. The summed E-state index contributed by atoms with van der Waals surface area (Å²) in [6.45, 7) is 3.67. The fourth-order valence-electron chi connectivity index (χ4n) is 2.76. The molecular weight excluding hydrogens is 342 g/mol. The van der Waals surface area contributed by atoms with Gasteiger partial charge in [0.25, 0.3) is 5.91 Å². The van der Waals surface area contributed by atoms with Crippen molar-refractivity contribution in [3.8, 4) is 5.75 Å². The van der Waals surface area contributed by atoms with Gasteiger partial charge in [0.1, 0.15) is 5.75 Å². The van der Waals surface area contributed by atoms with E-state index in [1.165, 1.54) is 0 Å². The number of para-hydroxylation sites is 1. The van der Waals surface area contributed by atoms with Crippen LogP contribution in [0.25, 0.3) is 10.8 Å². The Morgan fingerprint density at radius 2 is 1.67 bits per heavy atom. The monoisotopic (exact) mass is 363 g/mol. The Morgan fingerprint density at radius 3 is 2.48 bits per heavy atom. The van der Waals surface area contributed by atoms with Gasteiger partial charge in [-0.25, -0.2) is 4.79 Å². The summed E-state index contributed by atoms with van der Waals surface area (Å²) in [5.74, 6) is -0.190. The van der Waals surface area contributed by atoms with Crippen LogP contribution in [-0.2, 0) is 9.53 Å². The first kappa shape index (κ1) is 18.5. The summed E-state index contributed by atoms with van der Waals surface area (Å²) in [5, 5.41) is 4.73. The summed E-state index contributed by atoms with van der Waals surface area (Å²) in [7, 11) is 0. The number of rotatable bonds is 6. The van der Waals surface area contributed by atoms with Gasteiger partial charge in [-0.3, -0.25) is 4.79 Å². The molecule has 1 amide bonds. The first-order chi connectivity index (χ1) is 13.1. The number of fused-ring (bicyclic) bond motifs is 1. The molecular formula is C22H21NO4. The Balaban J connectivity index is 1.76. The summed E-state index contributed by atoms with van der Waals surface area (Å²) >= 11 is 0. The molecule has 138 valence electrons. The van der Waals surface area contributed by atoms with E-state index in [0.717, 1.165) is 10.8 Å². The largest absolute Gasteiger partial charge is 0.480 e. The zero-order chi connectivity index (χ0) is 19.2. The van der Waals surface area contributed by atoms with Crippen LogP contribution >= 0.6 is 0 Å². The lowest BCUT2D eigenvalue weighted by molar-refractivity contribution is -0.122. The second-order valence-electron chi connectivity index (χ2n) is 5.99. The van der Waals surface area contributed by atoms with Crippen molar-refractivity contribution < 1.29 is 19.1 Å². The number of anilines is 1. The highest BCUT2D eigenvalue weighted by atomic mass is 16.5. The Labute approximate surface area is 157 Å². The third-order valence-corrected chi connectivity index (χ3v) is 4.10. The van der Waals surface area contributed by atoms with Gasteiger partial charge in [0.05, 0.1) is 17.9 Å². The molecule has 0 radical (unpaired) electrons. The lowest BCUT2D eigenvalue weighted by Gasteiger charge is -2.17. The predicted octanol–water partition coefficient (Wildman–Crippen LogP) is 4.42. The lowest BCUT2D eigenvalue weighted by Crippen LogP contribution is -2.30. The normalized spacial score (nSPS) is 11.6. The maximum absolute atomic E-state index is 12.6. The molecule has 3 rings (SSSR count). The number of benzene rings is 3. The van der Waals surface area contributed by atoms with Crippen molar-refractivity contribution >= 4 is 28.3 Å². The summed E-state index contributed by atoms with van der Waals surface area (Å²) in [6, 6.07) is 20.3. The predicted molar refractivity (Wildman–Crippen MR) is 105 cm³/mol. The lowest BCUT2D eigenvalue weighted by atomic mass is 10.1. The SMILES string of the molecule is CCOC(=O)c1ccccc1NC(=O)[C@H](C)Oc1cccc2ccccc12. The molecule has 1 atom stereocenters. The number of esters is 1. The van der Waals surface area contributed by atoms with Gasteiger partial charge < -0.3 is 14.8 Å². The molecule has 3 aromatic carbocycles. The number of amides is 1. The minimum absolute atomic E-state index is 0.266. The van der Waals surface area contributed by atoms with Gasteiger partial charge in [0.2, 0.25) is 0 Å². The van der Waals surface area contributed by atoms with Crippen LogP contribution < -0.4 is 10.1 Å². The molecule has 0 unspecified atom stereocenters. The number of carbonyl (C=O) groups is 2. The number of hydrogen-bond acceptors (Lipinski definition) is 4. The van der Waals surface area contributed by atoms with Gasteiger partial charge in [-0.15, -0.1) is 0 Å². The van der Waals surface area contributed by atoms with Crippen LogP contribution in [0.5, 0.6) is 5.75 Å². The van der Waals surface area contributed by atoms with E-state index < -0.39 is 12.1 Å². The summed E-state index contributed by atoms with van der Waals surface area (Å²) in [4.78, 5) is 24.6. The van der Waals surface area contributed by atoms with Gasteiger partial charge in [0.15, 0.2) is 6.10 Å². The van der Waals surface area contributed by atoms with Crippen molar-refractivity contribution in [3.05, 3.63) is 72.3 Å². The number of hydrogen-bond donors (Lipinski definition) is 1. The third-order valence-electron chi connectivity index (χ3n) is 4.10. The second-order valence-corrected chi connectivity index (χ2v) is 5.99. The molecule has 0 saturated heterocycles. The molecule has 0 aliphatic rings. The van der Waals surface area contributed by atoms with Crippen LogP contribution in [-0.4, -0.2) is 24.6 Å². The highest BCUT2D eigenvalue weighted by Gasteiger charge is 2.19. The molecule has 0 bridgehead atoms. The first-order valence-electron chi connectivity index (χ1n) is 8.81. The van der Waals surface area contributed by atoms with Crippen molar-refractivity contribution in [3.63, 3.8) is 0 Å². The van der Waals surface area contributed by atoms with E-state index in [2.05, 4.69) is 5.32 Å². The fourth-order valence-corrected chi connectivity index (χ4v) is 2.76. The molecule has 0 fully saturated rings. The number of carbonyl (C=O) groups excluding carboxylic acids is 2. The minimum Gasteiger partial charge on any atom is -0.480 e. The quantitative estimate of drug-likeness (QED) is 0.658. The average Bonchev–Trinajstić information content (AvgIpc) is 2.69. The molecule has 0 heterocycles. The molecule has 0 saturated carbocycles. The number of ether oxygens (including phenoxy) is 2. The Hall–Kier alpha value is -3.34. The standard InChI is InChI=1S/C22H21NO4/c1-3-26-22(25)18-12-6-7-13-19(18)23-21(24)15(2)27-20-14-8-10-16-9-4-5-11-17(16)20/h4-15H,3H2,1-2H3,(H,23,24)/t15-/m0/s1. The molecule has 1 N–H and O–H groups in total. The molecule has 0 spiro atoms. The zero-order valence-corrected chi connectivity index (χ0v) is 15.3. The van der Waals surface area contributed by atoms with E-state index in [0.29, 0.717) is 17.0 Å². The van der Waals surface area contributed by atoms with E-state index in [1.807, 2.05) is 42.5 Å². The van der Waals surface area contributed by atoms with Crippen molar-refractivity contribution in [2.45, 2.75) is 20.0 Å². The Kier molecular flexibility index (Phi) is 5.71. The smallest absolute Gasteiger partial charge is 0.340 e. The van der Waals surface area contributed by atoms with E-state index in [1.54, 1.807) is 38.1 Å². The highest BCUT2D eigenvalue weighted by Crippen LogP contribution is 2.26. The zero-order valence-electron chi connectivity index (χ0n) is 15.3. The Bertz CT molecular complexity index is 962.